The number of nitrogens with one attached hydrogen (secondary N) is 1. The minimum atomic E-state index is -0.155. The topological polar surface area (TPSA) is 72.3 Å². The highest BCUT2D eigenvalue weighted by Gasteiger charge is 2.29. The molecule has 1 amide bonds. The van der Waals surface area contributed by atoms with E-state index >= 15 is 0 Å². The molecule has 3 aromatic rings. The first-order valence-electron chi connectivity index (χ1n) is 11.4. The Bertz CT molecular complexity index is 1020. The first kappa shape index (κ1) is 22.0. The van der Waals surface area contributed by atoms with Crippen LogP contribution >= 0.6 is 0 Å². The molecule has 3 heterocycles. The lowest BCUT2D eigenvalue weighted by Gasteiger charge is -2.34. The van der Waals surface area contributed by atoms with Crippen LogP contribution in [0.25, 0.3) is 0 Å². The van der Waals surface area contributed by atoms with Crippen LogP contribution in [0.1, 0.15) is 43.9 Å². The number of ether oxygens (including phenoxy) is 1. The average Bonchev–Trinajstić information content (AvgIpc) is 3.15. The number of hydrogen-bond acceptors (Lipinski definition) is 5. The van der Waals surface area contributed by atoms with Crippen LogP contribution in [0.15, 0.2) is 54.9 Å². The van der Waals surface area contributed by atoms with Gasteiger partial charge in [-0.05, 0) is 50.9 Å². The van der Waals surface area contributed by atoms with Gasteiger partial charge in [0, 0.05) is 30.9 Å². The molecule has 1 aliphatic heterocycles. The average molecular weight is 434 g/mol. The Labute approximate surface area is 189 Å². The number of aromatic nitrogens is 3. The van der Waals surface area contributed by atoms with Gasteiger partial charge in [-0.3, -0.25) is 14.4 Å². The zero-order valence-corrected chi connectivity index (χ0v) is 18.8. The molecule has 1 aromatic carbocycles. The Kier molecular flexibility index (Phi) is 7.17. The van der Waals surface area contributed by atoms with Crippen LogP contribution in [-0.2, 0) is 17.9 Å². The summed E-state index contributed by atoms with van der Waals surface area (Å²) in [7, 11) is 0. The number of aryl methyl sites for hydroxylation is 2. The number of piperidine rings is 1. The maximum atomic E-state index is 13.1. The number of carbonyl (C=O) groups is 1. The molecule has 0 unspecified atom stereocenters. The monoisotopic (exact) mass is 433 g/mol. The molecule has 1 saturated heterocycles. The molecule has 2 aromatic heterocycles. The lowest BCUT2D eigenvalue weighted by atomic mass is 10.0. The second-order valence-electron chi connectivity index (χ2n) is 8.27. The molecular formula is C25H31N5O2. The number of anilines is 1. The van der Waals surface area contributed by atoms with Crippen LogP contribution in [0.2, 0.25) is 0 Å². The first-order valence-corrected chi connectivity index (χ1v) is 11.4. The Balaban J connectivity index is 1.38. The number of carbonyl (C=O) groups excluding carboxylic acids is 1. The second-order valence-corrected chi connectivity index (χ2v) is 8.27. The van der Waals surface area contributed by atoms with Crippen molar-refractivity contribution in [2.75, 3.05) is 11.9 Å². The fourth-order valence-electron chi connectivity index (χ4n) is 4.10. The summed E-state index contributed by atoms with van der Waals surface area (Å²) in [5.74, 6) is 1.24. The van der Waals surface area contributed by atoms with Crippen LogP contribution in [0.4, 0.5) is 5.69 Å². The predicted octanol–water partition coefficient (Wildman–Crippen LogP) is 4.78. The van der Waals surface area contributed by atoms with E-state index in [1.54, 1.807) is 12.3 Å². The van der Waals surface area contributed by atoms with Crippen LogP contribution < -0.4 is 10.1 Å². The lowest BCUT2D eigenvalue weighted by Crippen LogP contribution is -2.46. The summed E-state index contributed by atoms with van der Waals surface area (Å²) in [5, 5.41) is 7.65. The third-order valence-corrected chi connectivity index (χ3v) is 5.76. The van der Waals surface area contributed by atoms with Gasteiger partial charge in [-0.15, -0.1) is 0 Å². The van der Waals surface area contributed by atoms with Crippen LogP contribution in [0, 0.1) is 6.92 Å². The van der Waals surface area contributed by atoms with Crippen LogP contribution in [-0.4, -0.2) is 38.2 Å². The quantitative estimate of drug-likeness (QED) is 0.553. The highest BCUT2D eigenvalue weighted by Crippen LogP contribution is 2.23. The number of pyridine rings is 1. The maximum Gasteiger partial charge on any atom is 0.241 e. The van der Waals surface area contributed by atoms with Crippen molar-refractivity contribution in [3.63, 3.8) is 0 Å². The van der Waals surface area contributed by atoms with Gasteiger partial charge in [-0.25, -0.2) is 4.98 Å². The first-order chi connectivity index (χ1) is 15.6. The van der Waals surface area contributed by atoms with Gasteiger partial charge in [0.05, 0.1) is 23.6 Å². The van der Waals surface area contributed by atoms with Crippen molar-refractivity contribution in [2.45, 2.75) is 58.7 Å². The molecule has 0 radical (unpaired) electrons. The largest absolute Gasteiger partial charge is 0.439 e. The van der Waals surface area contributed by atoms with Gasteiger partial charge in [-0.2, -0.15) is 5.10 Å². The molecule has 0 saturated carbocycles. The van der Waals surface area contributed by atoms with Crippen molar-refractivity contribution < 1.29 is 9.53 Å². The Morgan fingerprint density at radius 3 is 2.78 bits per heavy atom. The lowest BCUT2D eigenvalue weighted by molar-refractivity contribution is -0.122. The molecule has 32 heavy (non-hydrogen) atoms. The van der Waals surface area contributed by atoms with Crippen molar-refractivity contribution in [2.24, 2.45) is 0 Å². The van der Waals surface area contributed by atoms with E-state index in [9.17, 15) is 4.79 Å². The van der Waals surface area contributed by atoms with Crippen molar-refractivity contribution in [1.82, 2.24) is 19.7 Å². The summed E-state index contributed by atoms with van der Waals surface area (Å²) in [6.45, 7) is 6.78. The minimum Gasteiger partial charge on any atom is -0.439 e. The zero-order valence-electron chi connectivity index (χ0n) is 18.8. The molecule has 0 bridgehead atoms. The van der Waals surface area contributed by atoms with Crippen molar-refractivity contribution in [3.8, 4) is 11.6 Å². The third-order valence-electron chi connectivity index (χ3n) is 5.76. The van der Waals surface area contributed by atoms with Gasteiger partial charge in [-0.1, -0.05) is 31.5 Å². The Morgan fingerprint density at radius 1 is 1.19 bits per heavy atom. The molecule has 4 rings (SSSR count). The van der Waals surface area contributed by atoms with Crippen molar-refractivity contribution >= 4 is 11.6 Å². The predicted molar refractivity (Wildman–Crippen MR) is 125 cm³/mol. The fraction of sp³-hybridized carbons (Fsp3) is 0.400. The standard InChI is InChI=1S/C25H31N5O2/c1-3-14-30-18-20(19(2)28-30)17-29-15-8-7-11-23(29)25(31)27-21-12-13-24(26-16-21)32-22-9-5-4-6-10-22/h4-6,9-10,12-13,16,18,23H,3,7-8,11,14-15,17H2,1-2H3,(H,27,31)/t23-/m1/s1. The highest BCUT2D eigenvalue weighted by atomic mass is 16.5. The summed E-state index contributed by atoms with van der Waals surface area (Å²) in [4.78, 5) is 19.7. The second kappa shape index (κ2) is 10.4. The van der Waals surface area contributed by atoms with E-state index in [0.29, 0.717) is 11.6 Å². The van der Waals surface area contributed by atoms with E-state index < -0.39 is 0 Å². The van der Waals surface area contributed by atoms with E-state index in [-0.39, 0.29) is 11.9 Å². The molecule has 1 aliphatic rings. The molecule has 1 N–H and O–H groups in total. The van der Waals surface area contributed by atoms with Gasteiger partial charge in [0.25, 0.3) is 0 Å². The number of para-hydroxylation sites is 1. The number of nitrogens with zero attached hydrogens (tertiary/aromatic N) is 4. The molecule has 1 fully saturated rings. The number of amides is 1. The van der Waals surface area contributed by atoms with E-state index in [0.717, 1.165) is 56.8 Å². The molecule has 7 heteroatoms. The SMILES string of the molecule is CCCn1cc(CN2CCCC[C@@H]2C(=O)Nc2ccc(Oc3ccccc3)nc2)c(C)n1. The molecule has 0 spiro atoms. The summed E-state index contributed by atoms with van der Waals surface area (Å²) >= 11 is 0. The Hall–Kier alpha value is -3.19. The number of likely N-dealkylation sites (tertiary alicyclic amines) is 1. The molecule has 1 atom stereocenters. The molecular weight excluding hydrogens is 402 g/mol. The summed E-state index contributed by atoms with van der Waals surface area (Å²) < 4.78 is 7.74. The smallest absolute Gasteiger partial charge is 0.241 e. The number of benzene rings is 1. The summed E-state index contributed by atoms with van der Waals surface area (Å²) in [6.07, 6.45) is 7.85. The molecule has 7 nitrogen and oxygen atoms in total. The number of hydrogen-bond donors (Lipinski definition) is 1. The van der Waals surface area contributed by atoms with E-state index in [1.165, 1.54) is 5.56 Å². The zero-order chi connectivity index (χ0) is 22.3. The van der Waals surface area contributed by atoms with Gasteiger partial charge in [0.15, 0.2) is 0 Å². The van der Waals surface area contributed by atoms with E-state index in [4.69, 9.17) is 4.74 Å². The third kappa shape index (κ3) is 5.53. The summed E-state index contributed by atoms with van der Waals surface area (Å²) in [5.41, 5.74) is 2.91. The van der Waals surface area contributed by atoms with Gasteiger partial charge < -0.3 is 10.1 Å². The normalized spacial score (nSPS) is 16.6. The van der Waals surface area contributed by atoms with Crippen molar-refractivity contribution in [3.05, 3.63) is 66.1 Å². The molecule has 0 aliphatic carbocycles. The van der Waals surface area contributed by atoms with Gasteiger partial charge >= 0.3 is 0 Å². The number of rotatable bonds is 8. The van der Waals surface area contributed by atoms with Gasteiger partial charge in [0.2, 0.25) is 11.8 Å². The summed E-state index contributed by atoms with van der Waals surface area (Å²) in [6, 6.07) is 13.0. The van der Waals surface area contributed by atoms with Crippen LogP contribution in [0.5, 0.6) is 11.6 Å². The minimum absolute atomic E-state index is 0.0156. The van der Waals surface area contributed by atoms with Crippen LogP contribution in [0.3, 0.4) is 0 Å². The Morgan fingerprint density at radius 2 is 2.03 bits per heavy atom. The molecule has 168 valence electrons. The van der Waals surface area contributed by atoms with E-state index in [2.05, 4.69) is 33.4 Å². The van der Waals surface area contributed by atoms with E-state index in [1.807, 2.05) is 48.0 Å². The fourth-order valence-corrected chi connectivity index (χ4v) is 4.10. The highest BCUT2D eigenvalue weighted by molar-refractivity contribution is 5.94. The maximum absolute atomic E-state index is 13.1. The van der Waals surface area contributed by atoms with Crippen molar-refractivity contribution in [1.29, 1.82) is 0 Å². The van der Waals surface area contributed by atoms with Gasteiger partial charge in [0.1, 0.15) is 5.75 Å².